The smallest absolute Gasteiger partial charge is 0.273 e. The minimum absolute atomic E-state index is 0.00590. The van der Waals surface area contributed by atoms with Crippen LogP contribution < -0.4 is 0 Å². The monoisotopic (exact) mass is 344 g/mol. The van der Waals surface area contributed by atoms with Gasteiger partial charge in [0.05, 0.1) is 15.3 Å². The van der Waals surface area contributed by atoms with Gasteiger partial charge in [-0.25, -0.2) is 4.98 Å². The predicted octanol–water partition coefficient (Wildman–Crippen LogP) is 3.94. The van der Waals surface area contributed by atoms with Gasteiger partial charge in [0.15, 0.2) is 0 Å². The number of thiazole rings is 1. The van der Waals surface area contributed by atoms with Gasteiger partial charge in [-0.1, -0.05) is 0 Å². The van der Waals surface area contributed by atoms with Gasteiger partial charge in [0.1, 0.15) is 5.69 Å². The number of hydrogen-bond acceptors (Lipinski definition) is 4. The quantitative estimate of drug-likeness (QED) is 0.841. The lowest BCUT2D eigenvalue weighted by molar-refractivity contribution is 0.0749. The molecule has 0 aliphatic rings. The molecule has 0 saturated carbocycles. The lowest BCUT2D eigenvalue weighted by atomic mass is 10.3. The van der Waals surface area contributed by atoms with Crippen LogP contribution in [0.3, 0.4) is 0 Å². The van der Waals surface area contributed by atoms with Gasteiger partial charge in [0, 0.05) is 16.8 Å². The summed E-state index contributed by atoms with van der Waals surface area (Å²) in [7, 11) is 0. The minimum atomic E-state index is 0.00590. The van der Waals surface area contributed by atoms with Crippen molar-refractivity contribution in [3.05, 3.63) is 36.9 Å². The van der Waals surface area contributed by atoms with Crippen molar-refractivity contribution in [3.8, 4) is 0 Å². The van der Waals surface area contributed by atoms with E-state index in [2.05, 4.69) is 20.9 Å². The molecule has 3 nitrogen and oxygen atoms in total. The first kappa shape index (κ1) is 13.7. The Bertz CT molecular complexity index is 550. The molecular weight excluding hydrogens is 332 g/mol. The van der Waals surface area contributed by atoms with Crippen LogP contribution in [-0.2, 0) is 6.54 Å². The van der Waals surface area contributed by atoms with E-state index in [9.17, 15) is 4.79 Å². The van der Waals surface area contributed by atoms with E-state index < -0.39 is 0 Å². The van der Waals surface area contributed by atoms with Gasteiger partial charge in [-0.15, -0.1) is 22.7 Å². The maximum Gasteiger partial charge on any atom is 0.273 e. The van der Waals surface area contributed by atoms with Crippen molar-refractivity contribution in [1.29, 1.82) is 0 Å². The average molecular weight is 345 g/mol. The summed E-state index contributed by atoms with van der Waals surface area (Å²) in [5, 5.41) is 2.75. The van der Waals surface area contributed by atoms with Crippen LogP contribution in [0.15, 0.2) is 21.3 Å². The maximum absolute atomic E-state index is 12.3. The van der Waals surface area contributed by atoms with Crippen molar-refractivity contribution in [3.63, 3.8) is 0 Å². The molecular formula is C12H13BrN2OS2. The first-order valence-electron chi connectivity index (χ1n) is 5.55. The molecule has 0 atom stereocenters. The van der Waals surface area contributed by atoms with E-state index in [1.54, 1.807) is 11.3 Å². The molecule has 0 spiro atoms. The van der Waals surface area contributed by atoms with Crippen LogP contribution >= 0.6 is 38.6 Å². The fourth-order valence-corrected chi connectivity index (χ4v) is 3.66. The largest absolute Gasteiger partial charge is 0.332 e. The molecule has 2 aromatic rings. The van der Waals surface area contributed by atoms with Gasteiger partial charge >= 0.3 is 0 Å². The van der Waals surface area contributed by atoms with Crippen LogP contribution in [0.1, 0.15) is 27.3 Å². The molecule has 0 saturated heterocycles. The first-order valence-corrected chi connectivity index (χ1v) is 8.04. The van der Waals surface area contributed by atoms with E-state index in [1.807, 2.05) is 36.3 Å². The Hall–Kier alpha value is -0.720. The molecule has 0 radical (unpaired) electrons. The Balaban J connectivity index is 2.11. The molecule has 0 aliphatic carbocycles. The van der Waals surface area contributed by atoms with E-state index in [4.69, 9.17) is 0 Å². The van der Waals surface area contributed by atoms with E-state index in [1.165, 1.54) is 16.2 Å². The van der Waals surface area contributed by atoms with Crippen molar-refractivity contribution in [2.45, 2.75) is 20.4 Å². The third-order valence-corrected chi connectivity index (χ3v) is 4.86. The summed E-state index contributed by atoms with van der Waals surface area (Å²) in [6.45, 7) is 5.22. The number of hydrogen-bond donors (Lipinski definition) is 0. The normalized spacial score (nSPS) is 10.6. The molecule has 2 rings (SSSR count). The van der Waals surface area contributed by atoms with Crippen molar-refractivity contribution in [1.82, 2.24) is 9.88 Å². The Morgan fingerprint density at radius 3 is 2.78 bits per heavy atom. The molecule has 0 unspecified atom stereocenters. The molecule has 0 aromatic carbocycles. The molecule has 0 N–H and O–H groups in total. The first-order chi connectivity index (χ1) is 8.60. The topological polar surface area (TPSA) is 33.2 Å². The summed E-state index contributed by atoms with van der Waals surface area (Å²) >= 11 is 6.60. The van der Waals surface area contributed by atoms with Gasteiger partial charge in [-0.3, -0.25) is 4.79 Å². The van der Waals surface area contributed by atoms with Crippen molar-refractivity contribution < 1.29 is 4.79 Å². The molecule has 18 heavy (non-hydrogen) atoms. The minimum Gasteiger partial charge on any atom is -0.332 e. The summed E-state index contributed by atoms with van der Waals surface area (Å²) in [6.07, 6.45) is 0. The summed E-state index contributed by atoms with van der Waals surface area (Å²) in [5.74, 6) is 0.00590. The Morgan fingerprint density at radius 1 is 1.50 bits per heavy atom. The Kier molecular flexibility index (Phi) is 4.53. The van der Waals surface area contributed by atoms with Crippen molar-refractivity contribution >= 4 is 44.5 Å². The average Bonchev–Trinajstić information content (AvgIpc) is 2.94. The molecule has 2 heterocycles. The van der Waals surface area contributed by atoms with Crippen molar-refractivity contribution in [2.75, 3.05) is 6.54 Å². The number of rotatable bonds is 4. The Labute approximate surface area is 123 Å². The second-order valence-electron chi connectivity index (χ2n) is 3.78. The van der Waals surface area contributed by atoms with Crippen LogP contribution in [-0.4, -0.2) is 22.3 Å². The van der Waals surface area contributed by atoms with Gasteiger partial charge in [0.25, 0.3) is 5.91 Å². The van der Waals surface area contributed by atoms with Crippen molar-refractivity contribution in [2.24, 2.45) is 0 Å². The number of amides is 1. The van der Waals surface area contributed by atoms with Crippen LogP contribution in [0.4, 0.5) is 0 Å². The van der Waals surface area contributed by atoms with Gasteiger partial charge in [-0.05, 0) is 41.9 Å². The van der Waals surface area contributed by atoms with E-state index in [0.29, 0.717) is 18.8 Å². The van der Waals surface area contributed by atoms with Gasteiger partial charge in [-0.2, -0.15) is 0 Å². The zero-order valence-electron chi connectivity index (χ0n) is 10.1. The molecule has 96 valence electrons. The second-order valence-corrected chi connectivity index (χ2v) is 7.39. The fraction of sp³-hybridized carbons (Fsp3) is 0.333. The fourth-order valence-electron chi connectivity index (χ4n) is 1.58. The summed E-state index contributed by atoms with van der Waals surface area (Å²) < 4.78 is 1.09. The highest BCUT2D eigenvalue weighted by atomic mass is 79.9. The lowest BCUT2D eigenvalue weighted by Crippen LogP contribution is -2.30. The summed E-state index contributed by atoms with van der Waals surface area (Å²) in [5.41, 5.74) is 0.551. The predicted molar refractivity (Wildman–Crippen MR) is 79.3 cm³/mol. The highest BCUT2D eigenvalue weighted by molar-refractivity contribution is 9.11. The standard InChI is InChI=1S/C12H13BrN2OS2/c1-3-15(6-9-4-5-11(13)18-9)12(16)10-7-17-8(2)14-10/h4-5,7H,3,6H2,1-2H3. The molecule has 0 fully saturated rings. The summed E-state index contributed by atoms with van der Waals surface area (Å²) in [6, 6.07) is 4.04. The van der Waals surface area contributed by atoms with E-state index in [-0.39, 0.29) is 5.91 Å². The van der Waals surface area contributed by atoms with Crippen LogP contribution in [0.2, 0.25) is 0 Å². The Morgan fingerprint density at radius 2 is 2.28 bits per heavy atom. The molecule has 6 heteroatoms. The highest BCUT2D eigenvalue weighted by Crippen LogP contribution is 2.23. The van der Waals surface area contributed by atoms with E-state index >= 15 is 0 Å². The molecule has 0 aliphatic heterocycles. The molecule has 0 bridgehead atoms. The highest BCUT2D eigenvalue weighted by Gasteiger charge is 2.17. The van der Waals surface area contributed by atoms with Crippen LogP contribution in [0, 0.1) is 6.92 Å². The SMILES string of the molecule is CCN(Cc1ccc(Br)s1)C(=O)c1csc(C)n1. The number of aryl methyl sites for hydroxylation is 1. The zero-order valence-corrected chi connectivity index (χ0v) is 13.4. The van der Waals surface area contributed by atoms with Crippen LogP contribution in [0.25, 0.3) is 0 Å². The third kappa shape index (κ3) is 3.18. The van der Waals surface area contributed by atoms with Gasteiger partial charge in [0.2, 0.25) is 0 Å². The number of halogens is 1. The van der Waals surface area contributed by atoms with Crippen LogP contribution in [0.5, 0.6) is 0 Å². The number of carbonyl (C=O) groups excluding carboxylic acids is 1. The summed E-state index contributed by atoms with van der Waals surface area (Å²) in [4.78, 5) is 19.5. The number of aromatic nitrogens is 1. The second kappa shape index (κ2) is 5.95. The molecule has 2 aromatic heterocycles. The van der Waals surface area contributed by atoms with Gasteiger partial charge < -0.3 is 4.90 Å². The zero-order chi connectivity index (χ0) is 13.1. The molecule has 1 amide bonds. The third-order valence-electron chi connectivity index (χ3n) is 2.48. The number of nitrogens with zero attached hydrogens (tertiary/aromatic N) is 2. The number of thiophene rings is 1. The number of carbonyl (C=O) groups is 1. The maximum atomic E-state index is 12.3. The lowest BCUT2D eigenvalue weighted by Gasteiger charge is -2.18. The van der Waals surface area contributed by atoms with E-state index in [0.717, 1.165) is 8.79 Å².